The van der Waals surface area contributed by atoms with Crippen molar-refractivity contribution in [3.8, 4) is 5.69 Å². The molecule has 1 heterocycles. The maximum atomic E-state index is 12.9. The van der Waals surface area contributed by atoms with Crippen molar-refractivity contribution in [2.45, 2.75) is 6.54 Å². The van der Waals surface area contributed by atoms with Crippen LogP contribution in [0, 0.1) is 0 Å². The molecule has 0 spiro atoms. The maximum Gasteiger partial charge on any atom is 0.278 e. The fourth-order valence-corrected chi connectivity index (χ4v) is 2.65. The molecule has 0 amide bonds. The quantitative estimate of drug-likeness (QED) is 0.690. The van der Waals surface area contributed by atoms with Crippen LogP contribution in [0.25, 0.3) is 16.5 Å². The van der Waals surface area contributed by atoms with E-state index >= 15 is 0 Å². The van der Waals surface area contributed by atoms with Gasteiger partial charge < -0.3 is 9.84 Å². The van der Waals surface area contributed by atoms with Crippen LogP contribution in [0.1, 0.15) is 0 Å². The number of benzene rings is 2. The van der Waals surface area contributed by atoms with Crippen molar-refractivity contribution in [3.05, 3.63) is 75.3 Å². The first-order chi connectivity index (χ1) is 11.7. The van der Waals surface area contributed by atoms with Crippen molar-refractivity contribution in [1.29, 1.82) is 0 Å². The summed E-state index contributed by atoms with van der Waals surface area (Å²) in [4.78, 5) is 25.8. The zero-order valence-electron chi connectivity index (χ0n) is 13.1. The third-order valence-electron chi connectivity index (χ3n) is 3.74. The lowest BCUT2D eigenvalue weighted by Gasteiger charge is -2.16. The highest BCUT2D eigenvalue weighted by atomic mass is 16.5. The van der Waals surface area contributed by atoms with Crippen molar-refractivity contribution in [3.63, 3.8) is 0 Å². The second-order valence-electron chi connectivity index (χ2n) is 5.26. The maximum absolute atomic E-state index is 12.9. The van der Waals surface area contributed by atoms with E-state index in [1.54, 1.807) is 36.4 Å². The zero-order chi connectivity index (χ0) is 16.9. The Morgan fingerprint density at radius 1 is 0.833 bits per heavy atom. The van der Waals surface area contributed by atoms with Crippen molar-refractivity contribution in [2.24, 2.45) is 0 Å². The van der Waals surface area contributed by atoms with E-state index in [1.807, 2.05) is 18.2 Å². The van der Waals surface area contributed by atoms with Gasteiger partial charge in [0.15, 0.2) is 0 Å². The Labute approximate surface area is 138 Å². The molecule has 6 nitrogen and oxygen atoms in total. The summed E-state index contributed by atoms with van der Waals surface area (Å²) < 4.78 is 8.03. The SMILES string of the molecule is O=c1c2ccccc2c(=O)n(-c2ccccc2)n1CCOCCO. The van der Waals surface area contributed by atoms with Gasteiger partial charge in [-0.25, -0.2) is 9.36 Å². The first-order valence-corrected chi connectivity index (χ1v) is 7.73. The van der Waals surface area contributed by atoms with E-state index in [4.69, 9.17) is 9.84 Å². The number of nitrogens with zero attached hydrogens (tertiary/aromatic N) is 2. The molecular weight excluding hydrogens is 308 g/mol. The third-order valence-corrected chi connectivity index (χ3v) is 3.74. The number of hydrogen-bond acceptors (Lipinski definition) is 4. The highest BCUT2D eigenvalue weighted by Gasteiger charge is 2.13. The average molecular weight is 326 g/mol. The van der Waals surface area contributed by atoms with E-state index in [2.05, 4.69) is 0 Å². The first-order valence-electron chi connectivity index (χ1n) is 7.73. The van der Waals surface area contributed by atoms with E-state index < -0.39 is 0 Å². The van der Waals surface area contributed by atoms with Gasteiger partial charge in [0.25, 0.3) is 11.1 Å². The van der Waals surface area contributed by atoms with Gasteiger partial charge in [0, 0.05) is 0 Å². The molecule has 0 saturated heterocycles. The molecule has 1 aromatic heterocycles. The van der Waals surface area contributed by atoms with Crippen LogP contribution < -0.4 is 11.1 Å². The van der Waals surface area contributed by atoms with Gasteiger partial charge in [0.1, 0.15) is 0 Å². The van der Waals surface area contributed by atoms with Crippen molar-refractivity contribution < 1.29 is 9.84 Å². The summed E-state index contributed by atoms with van der Waals surface area (Å²) in [5.41, 5.74) is 0.118. The van der Waals surface area contributed by atoms with Crippen molar-refractivity contribution in [1.82, 2.24) is 9.36 Å². The van der Waals surface area contributed by atoms with E-state index in [0.29, 0.717) is 16.5 Å². The van der Waals surface area contributed by atoms with Crippen LogP contribution in [0.5, 0.6) is 0 Å². The average Bonchev–Trinajstić information content (AvgIpc) is 2.63. The molecule has 124 valence electrons. The molecule has 24 heavy (non-hydrogen) atoms. The molecule has 0 unspecified atom stereocenters. The molecule has 6 heteroatoms. The van der Waals surface area contributed by atoms with Crippen LogP contribution in [0.3, 0.4) is 0 Å². The minimum Gasteiger partial charge on any atom is -0.394 e. The number of aliphatic hydroxyl groups is 1. The van der Waals surface area contributed by atoms with Crippen LogP contribution in [-0.2, 0) is 11.3 Å². The van der Waals surface area contributed by atoms with Gasteiger partial charge in [0.2, 0.25) is 0 Å². The summed E-state index contributed by atoms with van der Waals surface area (Å²) in [5, 5.41) is 9.56. The molecule has 0 radical (unpaired) electrons. The molecule has 0 aliphatic rings. The van der Waals surface area contributed by atoms with Gasteiger partial charge in [-0.15, -0.1) is 0 Å². The number of ether oxygens (including phenoxy) is 1. The Morgan fingerprint density at radius 3 is 2.12 bits per heavy atom. The second kappa shape index (κ2) is 7.25. The largest absolute Gasteiger partial charge is 0.394 e. The van der Waals surface area contributed by atoms with Crippen molar-refractivity contribution >= 4 is 10.8 Å². The molecule has 3 rings (SSSR count). The van der Waals surface area contributed by atoms with Crippen LogP contribution in [0.2, 0.25) is 0 Å². The Hall–Kier alpha value is -2.70. The topological polar surface area (TPSA) is 73.5 Å². The van der Waals surface area contributed by atoms with Crippen LogP contribution in [0.15, 0.2) is 64.2 Å². The van der Waals surface area contributed by atoms with Gasteiger partial charge >= 0.3 is 0 Å². The van der Waals surface area contributed by atoms with E-state index in [-0.39, 0.29) is 37.5 Å². The Balaban J connectivity index is 2.21. The highest BCUT2D eigenvalue weighted by Crippen LogP contribution is 2.08. The Bertz CT molecular complexity index is 945. The van der Waals surface area contributed by atoms with Crippen LogP contribution >= 0.6 is 0 Å². The van der Waals surface area contributed by atoms with Crippen LogP contribution in [0.4, 0.5) is 0 Å². The number of para-hydroxylation sites is 1. The standard InChI is InChI=1S/C18H18N2O4/c21-11-13-24-12-10-19-17(22)15-8-4-5-9-16(15)18(23)20(19)14-6-2-1-3-7-14/h1-9,21H,10-13H2. The summed E-state index contributed by atoms with van der Waals surface area (Å²) in [6.45, 7) is 0.550. The predicted molar refractivity (Wildman–Crippen MR) is 91.7 cm³/mol. The minimum absolute atomic E-state index is 0.0852. The third kappa shape index (κ3) is 3.02. The molecule has 2 aromatic carbocycles. The zero-order valence-corrected chi connectivity index (χ0v) is 13.1. The highest BCUT2D eigenvalue weighted by molar-refractivity contribution is 5.80. The van der Waals surface area contributed by atoms with Gasteiger partial charge in [-0.2, -0.15) is 0 Å². The number of aliphatic hydroxyl groups excluding tert-OH is 1. The van der Waals surface area contributed by atoms with Gasteiger partial charge in [-0.3, -0.25) is 9.59 Å². The van der Waals surface area contributed by atoms with E-state index in [0.717, 1.165) is 0 Å². The summed E-state index contributed by atoms with van der Waals surface area (Å²) in [6.07, 6.45) is 0. The lowest BCUT2D eigenvalue weighted by Crippen LogP contribution is -2.38. The molecular formula is C18H18N2O4. The van der Waals surface area contributed by atoms with Gasteiger partial charge in [-0.05, 0) is 24.3 Å². The molecule has 0 aliphatic heterocycles. The minimum atomic E-state index is -0.251. The number of fused-ring (bicyclic) bond motifs is 1. The van der Waals surface area contributed by atoms with Gasteiger partial charge in [0.05, 0.1) is 42.8 Å². The fraction of sp³-hybridized carbons (Fsp3) is 0.222. The molecule has 3 aromatic rings. The summed E-state index contributed by atoms with van der Waals surface area (Å²) in [5.74, 6) is 0. The number of rotatable bonds is 6. The Kier molecular flexibility index (Phi) is 4.88. The van der Waals surface area contributed by atoms with E-state index in [9.17, 15) is 9.59 Å². The lowest BCUT2D eigenvalue weighted by molar-refractivity contribution is 0.0835. The fourth-order valence-electron chi connectivity index (χ4n) is 2.65. The predicted octanol–water partition coefficient (Wildman–Crippen LogP) is 1.16. The molecule has 0 fully saturated rings. The van der Waals surface area contributed by atoms with Crippen LogP contribution in [-0.4, -0.2) is 34.3 Å². The molecule has 0 atom stereocenters. The normalized spacial score (nSPS) is 11.0. The molecule has 1 N–H and O–H groups in total. The van der Waals surface area contributed by atoms with Crippen molar-refractivity contribution in [2.75, 3.05) is 19.8 Å². The first kappa shape index (κ1) is 16.2. The number of aromatic nitrogens is 2. The molecule has 0 saturated carbocycles. The van der Waals surface area contributed by atoms with Gasteiger partial charge in [-0.1, -0.05) is 30.3 Å². The molecule has 0 aliphatic carbocycles. The number of hydrogen-bond donors (Lipinski definition) is 1. The van der Waals surface area contributed by atoms with E-state index in [1.165, 1.54) is 9.36 Å². The summed E-state index contributed by atoms with van der Waals surface area (Å²) in [6, 6.07) is 15.8. The lowest BCUT2D eigenvalue weighted by atomic mass is 10.2. The summed E-state index contributed by atoms with van der Waals surface area (Å²) >= 11 is 0. The smallest absolute Gasteiger partial charge is 0.278 e. The summed E-state index contributed by atoms with van der Waals surface area (Å²) in [7, 11) is 0. The molecule has 0 bridgehead atoms. The monoisotopic (exact) mass is 326 g/mol. The Morgan fingerprint density at radius 2 is 1.46 bits per heavy atom. The second-order valence-corrected chi connectivity index (χ2v) is 5.26.